The van der Waals surface area contributed by atoms with E-state index in [9.17, 15) is 10.2 Å². The van der Waals surface area contributed by atoms with Crippen LogP contribution in [0.2, 0.25) is 0 Å². The number of aliphatic hydroxyl groups is 2. The minimum Gasteiger partial charge on any atom is -0.388 e. The number of rotatable bonds is 2. The van der Waals surface area contributed by atoms with Crippen LogP contribution < -0.4 is 5.32 Å². The Labute approximate surface area is 102 Å². The van der Waals surface area contributed by atoms with E-state index in [2.05, 4.69) is 14.7 Å². The maximum Gasteiger partial charge on any atom is 0.234 e. The summed E-state index contributed by atoms with van der Waals surface area (Å²) in [6.07, 6.45) is -2.58. The highest BCUT2D eigenvalue weighted by atomic mass is 32.1. The van der Waals surface area contributed by atoms with Crippen LogP contribution in [0.5, 0.6) is 0 Å². The number of hydrogen-bond acceptors (Lipinski definition) is 8. The quantitative estimate of drug-likeness (QED) is 0.639. The summed E-state index contributed by atoms with van der Waals surface area (Å²) in [5, 5.41) is 23.0. The van der Waals surface area contributed by atoms with Gasteiger partial charge < -0.3 is 25.0 Å². The van der Waals surface area contributed by atoms with Crippen molar-refractivity contribution >= 4 is 17.5 Å². The van der Waals surface area contributed by atoms with Crippen molar-refractivity contribution in [3.05, 3.63) is 5.51 Å². The molecular formula is C9H13N3O4S. The van der Waals surface area contributed by atoms with Gasteiger partial charge in [-0.3, -0.25) is 0 Å². The molecule has 0 saturated carbocycles. The Balaban J connectivity index is 1.81. The average Bonchev–Trinajstić information content (AvgIpc) is 2.91. The van der Waals surface area contributed by atoms with Crippen LogP contribution in [0.4, 0.5) is 5.95 Å². The summed E-state index contributed by atoms with van der Waals surface area (Å²) in [6.45, 7) is 1.98. The van der Waals surface area contributed by atoms with Crippen molar-refractivity contribution in [1.29, 1.82) is 0 Å². The molecule has 17 heavy (non-hydrogen) atoms. The maximum atomic E-state index is 10.1. The topological polar surface area (TPSA) is 96.7 Å². The SMILES string of the molecule is C[C@@]12CO[C@@H](O1)[C@H](Nc1ncsn1)[C@@H](O)[C@H]2O. The Morgan fingerprint density at radius 1 is 1.59 bits per heavy atom. The third-order valence-electron chi connectivity index (χ3n) is 3.19. The molecular weight excluding hydrogens is 246 g/mol. The minimum absolute atomic E-state index is 0.262. The Morgan fingerprint density at radius 2 is 2.41 bits per heavy atom. The van der Waals surface area contributed by atoms with Crippen molar-refractivity contribution in [3.63, 3.8) is 0 Å². The molecule has 0 spiro atoms. The van der Waals surface area contributed by atoms with Crippen LogP contribution in [-0.2, 0) is 9.47 Å². The molecule has 2 aliphatic rings. The van der Waals surface area contributed by atoms with Gasteiger partial charge in [0.05, 0.1) is 6.61 Å². The average molecular weight is 259 g/mol. The van der Waals surface area contributed by atoms with Gasteiger partial charge in [0.1, 0.15) is 29.4 Å². The zero-order valence-electron chi connectivity index (χ0n) is 9.11. The van der Waals surface area contributed by atoms with Gasteiger partial charge in [-0.05, 0) is 18.5 Å². The summed E-state index contributed by atoms with van der Waals surface area (Å²) in [4.78, 5) is 3.96. The number of aromatic nitrogens is 2. The molecule has 94 valence electrons. The maximum absolute atomic E-state index is 10.1. The summed E-state index contributed by atoms with van der Waals surface area (Å²) in [5.74, 6) is 0.397. The van der Waals surface area contributed by atoms with Gasteiger partial charge in [0.2, 0.25) is 5.95 Å². The van der Waals surface area contributed by atoms with Crippen molar-refractivity contribution in [3.8, 4) is 0 Å². The smallest absolute Gasteiger partial charge is 0.234 e. The number of hydrogen-bond donors (Lipinski definition) is 3. The Bertz CT molecular complexity index is 403. The summed E-state index contributed by atoms with van der Waals surface area (Å²) in [6, 6.07) is -0.574. The van der Waals surface area contributed by atoms with E-state index in [-0.39, 0.29) is 6.61 Å². The van der Waals surface area contributed by atoms with Crippen molar-refractivity contribution in [1.82, 2.24) is 9.36 Å². The van der Waals surface area contributed by atoms with Crippen LogP contribution in [0, 0.1) is 0 Å². The summed E-state index contributed by atoms with van der Waals surface area (Å²) in [7, 11) is 0. The first-order valence-electron chi connectivity index (χ1n) is 5.29. The molecule has 2 bridgehead atoms. The Kier molecular flexibility index (Phi) is 2.56. The molecule has 0 radical (unpaired) electrons. The lowest BCUT2D eigenvalue weighted by atomic mass is 9.89. The highest BCUT2D eigenvalue weighted by Gasteiger charge is 2.56. The summed E-state index contributed by atoms with van der Waals surface area (Å²) in [5.41, 5.74) is 0.742. The lowest BCUT2D eigenvalue weighted by Gasteiger charge is -2.40. The number of nitrogens with one attached hydrogen (secondary N) is 1. The molecule has 0 amide bonds. The largest absolute Gasteiger partial charge is 0.388 e. The summed E-state index contributed by atoms with van der Waals surface area (Å²) >= 11 is 1.20. The van der Waals surface area contributed by atoms with Gasteiger partial charge in [-0.25, -0.2) is 4.98 Å². The molecule has 0 aliphatic carbocycles. The van der Waals surface area contributed by atoms with Crippen LogP contribution in [0.25, 0.3) is 0 Å². The van der Waals surface area contributed by atoms with Crippen molar-refractivity contribution in [2.24, 2.45) is 0 Å². The van der Waals surface area contributed by atoms with E-state index in [4.69, 9.17) is 9.47 Å². The fourth-order valence-electron chi connectivity index (χ4n) is 2.17. The number of nitrogens with zero attached hydrogens (tertiary/aromatic N) is 2. The van der Waals surface area contributed by atoms with Gasteiger partial charge in [0.15, 0.2) is 6.29 Å². The van der Waals surface area contributed by atoms with Gasteiger partial charge >= 0.3 is 0 Å². The van der Waals surface area contributed by atoms with Crippen LogP contribution in [0.15, 0.2) is 5.51 Å². The molecule has 0 unspecified atom stereocenters. The second-order valence-electron chi connectivity index (χ2n) is 4.47. The highest BCUT2D eigenvalue weighted by Crippen LogP contribution is 2.37. The third-order valence-corrected chi connectivity index (χ3v) is 3.66. The molecule has 5 atom stereocenters. The van der Waals surface area contributed by atoms with Gasteiger partial charge in [0.25, 0.3) is 0 Å². The van der Waals surface area contributed by atoms with Crippen LogP contribution >= 0.6 is 11.5 Å². The van der Waals surface area contributed by atoms with Gasteiger partial charge in [0, 0.05) is 0 Å². The number of fused-ring (bicyclic) bond motifs is 2. The molecule has 2 aliphatic heterocycles. The van der Waals surface area contributed by atoms with E-state index >= 15 is 0 Å². The van der Waals surface area contributed by atoms with E-state index in [0.29, 0.717) is 5.95 Å². The number of ether oxygens (including phenoxy) is 2. The van der Waals surface area contributed by atoms with Crippen LogP contribution in [0.3, 0.4) is 0 Å². The molecule has 8 heteroatoms. The summed E-state index contributed by atoms with van der Waals surface area (Å²) < 4.78 is 15.0. The molecule has 3 rings (SSSR count). The Morgan fingerprint density at radius 3 is 3.12 bits per heavy atom. The first-order valence-corrected chi connectivity index (χ1v) is 6.12. The first-order chi connectivity index (χ1) is 8.10. The molecule has 3 N–H and O–H groups in total. The zero-order chi connectivity index (χ0) is 12.0. The van der Waals surface area contributed by atoms with Crippen molar-refractivity contribution < 1.29 is 19.7 Å². The standard InChI is InChI=1S/C9H13N3O4S/c1-9-2-15-7(16-9)4(5(13)6(9)14)11-8-10-3-17-12-8/h3-7,13-14H,2H2,1H3,(H,11,12)/t4-,5-,6-,7+,9+/m1/s1. The molecule has 7 nitrogen and oxygen atoms in total. The van der Waals surface area contributed by atoms with Crippen molar-refractivity contribution in [2.75, 3.05) is 11.9 Å². The molecule has 2 saturated heterocycles. The van der Waals surface area contributed by atoms with E-state index in [1.54, 1.807) is 12.4 Å². The van der Waals surface area contributed by atoms with E-state index in [1.807, 2.05) is 0 Å². The fraction of sp³-hybridized carbons (Fsp3) is 0.778. The molecule has 1 aromatic rings. The van der Waals surface area contributed by atoms with E-state index < -0.39 is 30.1 Å². The Hall–Kier alpha value is -0.800. The minimum atomic E-state index is -1.00. The molecule has 0 aromatic carbocycles. The third kappa shape index (κ3) is 1.72. The number of anilines is 1. The van der Waals surface area contributed by atoms with E-state index in [0.717, 1.165) is 0 Å². The second kappa shape index (κ2) is 3.85. The number of aliphatic hydroxyl groups excluding tert-OH is 2. The first kappa shape index (κ1) is 11.3. The molecule has 1 aromatic heterocycles. The lowest BCUT2D eigenvalue weighted by Crippen LogP contribution is -2.61. The molecule has 3 heterocycles. The van der Waals surface area contributed by atoms with Crippen LogP contribution in [-0.4, -0.2) is 56.3 Å². The van der Waals surface area contributed by atoms with Gasteiger partial charge in [-0.1, -0.05) is 0 Å². The van der Waals surface area contributed by atoms with Crippen LogP contribution in [0.1, 0.15) is 6.92 Å². The molecule has 2 fully saturated rings. The fourth-order valence-corrected chi connectivity index (χ4v) is 2.56. The normalized spacial score (nSPS) is 44.9. The van der Waals surface area contributed by atoms with Crippen molar-refractivity contribution in [2.45, 2.75) is 37.1 Å². The van der Waals surface area contributed by atoms with Gasteiger partial charge in [-0.15, -0.1) is 0 Å². The predicted octanol–water partition coefficient (Wildman–Crippen LogP) is -0.814. The second-order valence-corrected chi connectivity index (χ2v) is 5.07. The lowest BCUT2D eigenvalue weighted by molar-refractivity contribution is -0.208. The monoisotopic (exact) mass is 259 g/mol. The predicted molar refractivity (Wildman–Crippen MR) is 58.6 cm³/mol. The van der Waals surface area contributed by atoms with E-state index in [1.165, 1.54) is 11.5 Å². The highest BCUT2D eigenvalue weighted by molar-refractivity contribution is 7.03. The zero-order valence-corrected chi connectivity index (χ0v) is 9.92. The van der Waals surface area contributed by atoms with Gasteiger partial charge in [-0.2, -0.15) is 4.37 Å².